The Bertz CT molecular complexity index is 1250. The van der Waals surface area contributed by atoms with Gasteiger partial charge in [-0.15, -0.1) is 0 Å². The molecule has 2 heterocycles. The fraction of sp³-hybridized carbons (Fsp3) is 0.568. The van der Waals surface area contributed by atoms with Crippen molar-refractivity contribution in [3.05, 3.63) is 95.3 Å². The van der Waals surface area contributed by atoms with E-state index < -0.39 is 0 Å². The van der Waals surface area contributed by atoms with Crippen molar-refractivity contribution >= 4 is 9.52 Å². The molecule has 0 aromatic heterocycles. The van der Waals surface area contributed by atoms with E-state index in [2.05, 4.69) is 94.9 Å². The topological polar surface area (TPSA) is 36.1 Å². The molecular weight excluding hydrogens is 515 g/mol. The highest BCUT2D eigenvalue weighted by molar-refractivity contribution is 6.51. The molecular formula is C37H48N3Si+. The molecule has 0 bridgehead atoms. The lowest BCUT2D eigenvalue weighted by Gasteiger charge is -2.52. The molecule has 6 aliphatic carbocycles. The predicted molar refractivity (Wildman–Crippen MR) is 172 cm³/mol. The van der Waals surface area contributed by atoms with E-state index in [1.807, 2.05) is 5.20 Å². The van der Waals surface area contributed by atoms with E-state index in [0.717, 1.165) is 11.5 Å². The number of hydrogen-bond acceptors (Lipinski definition) is 3. The quantitative estimate of drug-likeness (QED) is 0.261. The first-order valence-corrected chi connectivity index (χ1v) is 18.1. The Morgan fingerprint density at radius 3 is 2.32 bits per heavy atom. The van der Waals surface area contributed by atoms with Gasteiger partial charge in [-0.05, 0) is 98.9 Å². The molecule has 41 heavy (non-hydrogen) atoms. The van der Waals surface area contributed by atoms with Crippen molar-refractivity contribution in [2.24, 2.45) is 41.4 Å². The first-order chi connectivity index (χ1) is 20.3. The minimum absolute atomic E-state index is 0.350. The average Bonchev–Trinajstić information content (AvgIpc) is 3.43. The van der Waals surface area contributed by atoms with Gasteiger partial charge < -0.3 is 0 Å². The number of fused-ring (bicyclic) bond motifs is 3. The summed E-state index contributed by atoms with van der Waals surface area (Å²) in [5, 5.41) is 14.4. The molecule has 11 atom stereocenters. The van der Waals surface area contributed by atoms with E-state index in [-0.39, 0.29) is 0 Å². The van der Waals surface area contributed by atoms with Gasteiger partial charge in [-0.3, -0.25) is 16.0 Å². The van der Waals surface area contributed by atoms with Crippen LogP contribution in [0, 0.1) is 41.4 Å². The fourth-order valence-electron chi connectivity index (χ4n) is 9.75. The highest BCUT2D eigenvalue weighted by Gasteiger charge is 2.48. The SMILES string of the molecule is C1=CCC(C2CCC(C3NC(C4C=C5C6=C(CCC=C6)[SiH+]C5CC4)NC(C4CC=CCC4)N3)C3C=CC=CC32)C=C1. The van der Waals surface area contributed by atoms with Crippen LogP contribution < -0.4 is 16.0 Å². The van der Waals surface area contributed by atoms with Crippen molar-refractivity contribution in [2.45, 2.75) is 88.2 Å². The van der Waals surface area contributed by atoms with E-state index in [0.29, 0.717) is 63.5 Å². The molecule has 8 aliphatic rings. The summed E-state index contributed by atoms with van der Waals surface area (Å²) in [6.45, 7) is 0. The van der Waals surface area contributed by atoms with Crippen LogP contribution >= 0.6 is 0 Å². The molecule has 0 amide bonds. The third-order valence-electron chi connectivity index (χ3n) is 11.9. The third-order valence-corrected chi connectivity index (χ3v) is 13.9. The number of hydrogen-bond donors (Lipinski definition) is 3. The lowest BCUT2D eigenvalue weighted by atomic mass is 9.60. The van der Waals surface area contributed by atoms with Gasteiger partial charge in [-0.2, -0.15) is 0 Å². The van der Waals surface area contributed by atoms with Gasteiger partial charge in [0.25, 0.3) is 0 Å². The standard InChI is InChI=1S/C37H48N3Si/c1-3-11-24(12-4-1)27-20-21-31(29-16-8-7-15-28(27)29)37-39-35(25-13-5-2-6-14-25)38-36(40-37)26-19-22-34-32(23-26)30-17-9-10-18-33(30)41-34/h1-5,7-9,11,15-17,23-29,31,34-41H,6,10,12-14,18-22H2/q+1. The maximum Gasteiger partial charge on any atom is 0.341 e. The molecule has 0 aromatic carbocycles. The molecule has 1 saturated heterocycles. The zero-order valence-electron chi connectivity index (χ0n) is 24.5. The predicted octanol–water partition coefficient (Wildman–Crippen LogP) is 6.80. The zero-order chi connectivity index (χ0) is 27.2. The highest BCUT2D eigenvalue weighted by Crippen LogP contribution is 2.49. The number of nitrogens with one attached hydrogen (secondary N) is 3. The van der Waals surface area contributed by atoms with Crippen LogP contribution in [0.1, 0.15) is 64.2 Å². The summed E-state index contributed by atoms with van der Waals surface area (Å²) in [6.07, 6.45) is 45.6. The molecule has 4 heteroatoms. The smallest absolute Gasteiger partial charge is 0.286 e. The van der Waals surface area contributed by atoms with Crippen LogP contribution in [0.3, 0.4) is 0 Å². The number of allylic oxidation sites excluding steroid dienone is 15. The monoisotopic (exact) mass is 562 g/mol. The van der Waals surface area contributed by atoms with E-state index in [1.165, 1.54) is 64.2 Å². The van der Waals surface area contributed by atoms with E-state index in [9.17, 15) is 0 Å². The Kier molecular flexibility index (Phi) is 7.53. The van der Waals surface area contributed by atoms with Gasteiger partial charge in [0, 0.05) is 17.9 Å². The Hall–Kier alpha value is -1.98. The van der Waals surface area contributed by atoms with E-state index in [1.54, 1.807) is 11.1 Å². The first-order valence-electron chi connectivity index (χ1n) is 16.9. The Morgan fingerprint density at radius 2 is 1.46 bits per heavy atom. The lowest BCUT2D eigenvalue weighted by Crippen LogP contribution is -2.73. The summed E-state index contributed by atoms with van der Waals surface area (Å²) in [5.41, 5.74) is 4.22. The lowest BCUT2D eigenvalue weighted by molar-refractivity contribution is 0.0356. The van der Waals surface area contributed by atoms with Crippen molar-refractivity contribution in [1.29, 1.82) is 0 Å². The van der Waals surface area contributed by atoms with Crippen LogP contribution in [0.25, 0.3) is 0 Å². The molecule has 0 aromatic rings. The van der Waals surface area contributed by atoms with Crippen molar-refractivity contribution in [1.82, 2.24) is 16.0 Å². The minimum atomic E-state index is 0.350. The molecule has 2 fully saturated rings. The van der Waals surface area contributed by atoms with Crippen molar-refractivity contribution in [3.8, 4) is 0 Å². The van der Waals surface area contributed by atoms with Crippen LogP contribution in [-0.2, 0) is 0 Å². The van der Waals surface area contributed by atoms with Crippen LogP contribution in [-0.4, -0.2) is 28.0 Å². The minimum Gasteiger partial charge on any atom is -0.286 e. The van der Waals surface area contributed by atoms with Crippen LogP contribution in [0.5, 0.6) is 0 Å². The van der Waals surface area contributed by atoms with E-state index in [4.69, 9.17) is 0 Å². The second-order valence-electron chi connectivity index (χ2n) is 14.0. The van der Waals surface area contributed by atoms with Crippen molar-refractivity contribution in [3.63, 3.8) is 0 Å². The van der Waals surface area contributed by atoms with Crippen molar-refractivity contribution < 1.29 is 0 Å². The number of rotatable bonds is 4. The van der Waals surface area contributed by atoms with Crippen LogP contribution in [0.15, 0.2) is 95.3 Å². The van der Waals surface area contributed by atoms with Gasteiger partial charge in [0.1, 0.15) is 5.54 Å². The molecule has 3 N–H and O–H groups in total. The second kappa shape index (κ2) is 11.6. The molecule has 8 rings (SSSR count). The molecule has 0 spiro atoms. The van der Waals surface area contributed by atoms with Crippen LogP contribution in [0.4, 0.5) is 0 Å². The molecule has 11 unspecified atom stereocenters. The zero-order valence-corrected chi connectivity index (χ0v) is 25.7. The van der Waals surface area contributed by atoms with Gasteiger partial charge in [0.2, 0.25) is 0 Å². The van der Waals surface area contributed by atoms with Crippen molar-refractivity contribution in [2.75, 3.05) is 0 Å². The van der Waals surface area contributed by atoms with Gasteiger partial charge in [0.05, 0.1) is 23.7 Å². The largest absolute Gasteiger partial charge is 0.341 e. The summed E-state index contributed by atoms with van der Waals surface area (Å²) >= 11 is 0. The maximum absolute atomic E-state index is 4.25. The van der Waals surface area contributed by atoms with Gasteiger partial charge in [-0.25, -0.2) is 0 Å². The van der Waals surface area contributed by atoms with Gasteiger partial charge in [-0.1, -0.05) is 79.0 Å². The summed E-state index contributed by atoms with van der Waals surface area (Å²) in [5.74, 6) is 4.58. The van der Waals surface area contributed by atoms with Crippen LogP contribution in [0.2, 0.25) is 5.54 Å². The third kappa shape index (κ3) is 5.13. The molecule has 1 saturated carbocycles. The molecule has 214 valence electrons. The average molecular weight is 563 g/mol. The first kappa shape index (κ1) is 26.6. The Labute approximate surface area is 250 Å². The highest BCUT2D eigenvalue weighted by atomic mass is 28.2. The normalized spacial score (nSPS) is 44.7. The van der Waals surface area contributed by atoms with E-state index >= 15 is 0 Å². The Balaban J connectivity index is 1.06. The second-order valence-corrected chi connectivity index (χ2v) is 15.9. The van der Waals surface area contributed by atoms with Gasteiger partial charge >= 0.3 is 9.52 Å². The Morgan fingerprint density at radius 1 is 0.634 bits per heavy atom. The molecule has 0 radical (unpaired) electrons. The maximum atomic E-state index is 4.25. The summed E-state index contributed by atoms with van der Waals surface area (Å²) in [6, 6.07) is 0. The fourth-order valence-corrected chi connectivity index (χ4v) is 11.8. The molecule has 3 nitrogen and oxygen atoms in total. The van der Waals surface area contributed by atoms with Gasteiger partial charge in [0.15, 0.2) is 0 Å². The molecule has 2 aliphatic heterocycles. The summed E-state index contributed by atoms with van der Waals surface area (Å²) in [4.78, 5) is 0. The summed E-state index contributed by atoms with van der Waals surface area (Å²) in [7, 11) is 0.471. The summed E-state index contributed by atoms with van der Waals surface area (Å²) < 4.78 is 0.